The van der Waals surface area contributed by atoms with Gasteiger partial charge in [0.2, 0.25) is 0 Å². The Kier molecular flexibility index (Phi) is 5.08. The number of para-hydroxylation sites is 1. The number of rotatable bonds is 3. The van der Waals surface area contributed by atoms with E-state index in [1.165, 1.54) is 12.1 Å². The average molecular weight is 392 g/mol. The van der Waals surface area contributed by atoms with Gasteiger partial charge in [0.25, 0.3) is 11.8 Å². The Morgan fingerprint density at radius 1 is 0.862 bits per heavy atom. The first-order valence-corrected chi connectivity index (χ1v) is 9.29. The van der Waals surface area contributed by atoms with Crippen molar-refractivity contribution in [2.75, 3.05) is 16.8 Å². The standard InChI is InChI=1S/C23H18F2N2O2/c24-19-11-10-18(14-20(19)25)26-22(28)16-6-3-7-17(13-16)23(29)27-12-4-8-15-5-1-2-9-21(15)27/h1-3,5-7,9-11,13-14H,4,8,12H2,(H,26,28). The first kappa shape index (κ1) is 18.8. The second kappa shape index (κ2) is 7.83. The van der Waals surface area contributed by atoms with Crippen LogP contribution >= 0.6 is 0 Å². The molecule has 1 aliphatic rings. The van der Waals surface area contributed by atoms with Gasteiger partial charge >= 0.3 is 0 Å². The molecule has 0 spiro atoms. The fourth-order valence-corrected chi connectivity index (χ4v) is 3.47. The summed E-state index contributed by atoms with van der Waals surface area (Å²) in [6.07, 6.45) is 1.80. The molecular weight excluding hydrogens is 374 g/mol. The van der Waals surface area contributed by atoms with Gasteiger partial charge in [0.05, 0.1) is 0 Å². The van der Waals surface area contributed by atoms with E-state index in [9.17, 15) is 18.4 Å². The van der Waals surface area contributed by atoms with Crippen LogP contribution in [0.1, 0.15) is 32.7 Å². The molecule has 3 aromatic carbocycles. The van der Waals surface area contributed by atoms with Crippen molar-refractivity contribution in [3.63, 3.8) is 0 Å². The molecule has 0 bridgehead atoms. The Balaban J connectivity index is 1.56. The van der Waals surface area contributed by atoms with Gasteiger partial charge in [0, 0.05) is 35.1 Å². The lowest BCUT2D eigenvalue weighted by Crippen LogP contribution is -2.35. The van der Waals surface area contributed by atoms with E-state index < -0.39 is 17.5 Å². The smallest absolute Gasteiger partial charge is 0.258 e. The molecule has 3 aromatic rings. The Labute approximate surface area is 166 Å². The lowest BCUT2D eigenvalue weighted by Gasteiger charge is -2.29. The van der Waals surface area contributed by atoms with Crippen molar-refractivity contribution in [1.82, 2.24) is 0 Å². The molecule has 1 N–H and O–H groups in total. The highest BCUT2D eigenvalue weighted by molar-refractivity contribution is 6.10. The number of hydrogen-bond acceptors (Lipinski definition) is 2. The number of hydrogen-bond donors (Lipinski definition) is 1. The molecule has 0 saturated heterocycles. The third-order valence-electron chi connectivity index (χ3n) is 4.90. The number of nitrogens with one attached hydrogen (secondary N) is 1. The zero-order valence-electron chi connectivity index (χ0n) is 15.5. The Hall–Kier alpha value is -3.54. The third-order valence-corrected chi connectivity index (χ3v) is 4.90. The van der Waals surface area contributed by atoms with Crippen molar-refractivity contribution in [3.05, 3.63) is 95.1 Å². The van der Waals surface area contributed by atoms with E-state index in [4.69, 9.17) is 0 Å². The summed E-state index contributed by atoms with van der Waals surface area (Å²) in [5, 5.41) is 2.52. The highest BCUT2D eigenvalue weighted by Gasteiger charge is 2.23. The molecule has 0 fully saturated rings. The van der Waals surface area contributed by atoms with E-state index in [1.54, 1.807) is 23.1 Å². The van der Waals surface area contributed by atoms with Crippen molar-refractivity contribution >= 4 is 23.2 Å². The summed E-state index contributed by atoms with van der Waals surface area (Å²) < 4.78 is 26.4. The monoisotopic (exact) mass is 392 g/mol. The van der Waals surface area contributed by atoms with E-state index in [-0.39, 0.29) is 17.2 Å². The van der Waals surface area contributed by atoms with Crippen LogP contribution in [0.5, 0.6) is 0 Å². The number of fused-ring (bicyclic) bond motifs is 1. The first-order chi connectivity index (χ1) is 14.0. The lowest BCUT2D eigenvalue weighted by atomic mass is 10.0. The van der Waals surface area contributed by atoms with Gasteiger partial charge in [-0.2, -0.15) is 0 Å². The van der Waals surface area contributed by atoms with Crippen LogP contribution in [0.4, 0.5) is 20.2 Å². The van der Waals surface area contributed by atoms with E-state index in [0.29, 0.717) is 12.1 Å². The zero-order chi connectivity index (χ0) is 20.4. The molecule has 4 nitrogen and oxygen atoms in total. The highest BCUT2D eigenvalue weighted by Crippen LogP contribution is 2.28. The Morgan fingerprint density at radius 2 is 1.66 bits per heavy atom. The fraction of sp³-hybridized carbons (Fsp3) is 0.130. The number of nitrogens with zero attached hydrogens (tertiary/aromatic N) is 1. The second-order valence-electron chi connectivity index (χ2n) is 6.85. The van der Waals surface area contributed by atoms with Crippen LogP contribution in [0.15, 0.2) is 66.7 Å². The van der Waals surface area contributed by atoms with Gasteiger partial charge in [-0.1, -0.05) is 24.3 Å². The topological polar surface area (TPSA) is 49.4 Å². The summed E-state index contributed by atoms with van der Waals surface area (Å²) >= 11 is 0. The largest absolute Gasteiger partial charge is 0.322 e. The summed E-state index contributed by atoms with van der Waals surface area (Å²) in [5.41, 5.74) is 2.79. The minimum Gasteiger partial charge on any atom is -0.322 e. The van der Waals surface area contributed by atoms with Crippen LogP contribution in [0.3, 0.4) is 0 Å². The van der Waals surface area contributed by atoms with Crippen LogP contribution in [0.25, 0.3) is 0 Å². The molecule has 0 saturated carbocycles. The maximum Gasteiger partial charge on any atom is 0.258 e. The van der Waals surface area contributed by atoms with Gasteiger partial charge < -0.3 is 10.2 Å². The third kappa shape index (κ3) is 3.87. The second-order valence-corrected chi connectivity index (χ2v) is 6.85. The maximum atomic E-state index is 13.4. The molecule has 146 valence electrons. The number of benzene rings is 3. The van der Waals surface area contributed by atoms with Crippen molar-refractivity contribution < 1.29 is 18.4 Å². The van der Waals surface area contributed by atoms with Crippen molar-refractivity contribution in [1.29, 1.82) is 0 Å². The van der Waals surface area contributed by atoms with Crippen LogP contribution in [0, 0.1) is 11.6 Å². The lowest BCUT2D eigenvalue weighted by molar-refractivity contribution is 0.0985. The van der Waals surface area contributed by atoms with E-state index in [2.05, 4.69) is 5.32 Å². The minimum atomic E-state index is -1.05. The Morgan fingerprint density at radius 3 is 2.48 bits per heavy atom. The predicted molar refractivity (Wildman–Crippen MR) is 107 cm³/mol. The summed E-state index contributed by atoms with van der Waals surface area (Å²) in [6, 6.07) is 17.3. The molecule has 2 amide bonds. The number of amides is 2. The van der Waals surface area contributed by atoms with E-state index >= 15 is 0 Å². The fourth-order valence-electron chi connectivity index (χ4n) is 3.47. The SMILES string of the molecule is O=C(Nc1ccc(F)c(F)c1)c1cccc(C(=O)N2CCCc3ccccc32)c1. The number of halogens is 2. The number of carbonyl (C=O) groups excluding carboxylic acids is 2. The molecule has 6 heteroatoms. The van der Waals surface area contributed by atoms with Gasteiger partial charge in [-0.25, -0.2) is 8.78 Å². The quantitative estimate of drug-likeness (QED) is 0.695. The van der Waals surface area contributed by atoms with Crippen molar-refractivity contribution in [2.45, 2.75) is 12.8 Å². The average Bonchev–Trinajstić information content (AvgIpc) is 2.75. The molecule has 1 heterocycles. The zero-order valence-corrected chi connectivity index (χ0v) is 15.5. The summed E-state index contributed by atoms with van der Waals surface area (Å²) in [7, 11) is 0. The molecule has 0 atom stereocenters. The predicted octanol–water partition coefficient (Wildman–Crippen LogP) is 4.81. The molecule has 0 aliphatic carbocycles. The summed E-state index contributed by atoms with van der Waals surface area (Å²) in [4.78, 5) is 27.3. The van der Waals surface area contributed by atoms with Gasteiger partial charge in [-0.05, 0) is 54.8 Å². The Bertz CT molecular complexity index is 1100. The molecule has 4 rings (SSSR count). The van der Waals surface area contributed by atoms with Crippen LogP contribution in [-0.2, 0) is 6.42 Å². The van der Waals surface area contributed by atoms with Crippen LogP contribution in [-0.4, -0.2) is 18.4 Å². The highest BCUT2D eigenvalue weighted by atomic mass is 19.2. The normalized spacial score (nSPS) is 13.0. The van der Waals surface area contributed by atoms with Crippen molar-refractivity contribution in [3.8, 4) is 0 Å². The van der Waals surface area contributed by atoms with Gasteiger partial charge in [0.15, 0.2) is 11.6 Å². The van der Waals surface area contributed by atoms with Crippen LogP contribution < -0.4 is 10.2 Å². The molecular formula is C23H18F2N2O2. The number of anilines is 2. The van der Waals surface area contributed by atoms with E-state index in [1.807, 2.05) is 24.3 Å². The molecule has 1 aliphatic heterocycles. The van der Waals surface area contributed by atoms with Crippen LogP contribution in [0.2, 0.25) is 0 Å². The van der Waals surface area contributed by atoms with E-state index in [0.717, 1.165) is 36.2 Å². The number of carbonyl (C=O) groups is 2. The maximum absolute atomic E-state index is 13.4. The number of aryl methyl sites for hydroxylation is 1. The minimum absolute atomic E-state index is 0.135. The summed E-state index contributed by atoms with van der Waals surface area (Å²) in [6.45, 7) is 0.612. The van der Waals surface area contributed by atoms with Gasteiger partial charge in [-0.3, -0.25) is 9.59 Å². The summed E-state index contributed by atoms with van der Waals surface area (Å²) in [5.74, 6) is -2.72. The molecule has 0 unspecified atom stereocenters. The van der Waals surface area contributed by atoms with Gasteiger partial charge in [0.1, 0.15) is 0 Å². The first-order valence-electron chi connectivity index (χ1n) is 9.29. The van der Waals surface area contributed by atoms with Crippen molar-refractivity contribution in [2.24, 2.45) is 0 Å². The molecule has 0 radical (unpaired) electrons. The molecule has 0 aromatic heterocycles. The molecule has 29 heavy (non-hydrogen) atoms. The van der Waals surface area contributed by atoms with Gasteiger partial charge in [-0.15, -0.1) is 0 Å².